The summed E-state index contributed by atoms with van der Waals surface area (Å²) in [6.45, 7) is 8.15. The minimum absolute atomic E-state index is 0.00518. The van der Waals surface area contributed by atoms with Crippen molar-refractivity contribution < 1.29 is 4.79 Å². The largest absolute Gasteiger partial charge is 0.362 e. The summed E-state index contributed by atoms with van der Waals surface area (Å²) >= 11 is 1.81. The van der Waals surface area contributed by atoms with Crippen LogP contribution < -0.4 is 15.5 Å². The number of hydrogen-bond donors (Lipinski definition) is 2. The first-order chi connectivity index (χ1) is 18.3. The maximum atomic E-state index is 11.5. The van der Waals surface area contributed by atoms with Crippen LogP contribution >= 0.6 is 11.3 Å². The van der Waals surface area contributed by atoms with E-state index < -0.39 is 0 Å². The molecule has 9 heteroatoms. The van der Waals surface area contributed by atoms with Crippen LogP contribution in [0.2, 0.25) is 0 Å². The van der Waals surface area contributed by atoms with Crippen molar-refractivity contribution in [1.82, 2.24) is 25.2 Å². The minimum Gasteiger partial charge on any atom is -0.362 e. The molecule has 1 fully saturated rings. The predicted molar refractivity (Wildman–Crippen MR) is 156 cm³/mol. The van der Waals surface area contributed by atoms with Crippen LogP contribution in [0.4, 0.5) is 11.6 Å². The van der Waals surface area contributed by atoms with Crippen LogP contribution in [-0.4, -0.2) is 59.0 Å². The Hall–Kier alpha value is -3.56. The lowest BCUT2D eigenvalue weighted by atomic mass is 10.1. The first-order valence-corrected chi connectivity index (χ1v) is 13.8. The summed E-state index contributed by atoms with van der Waals surface area (Å²) in [6, 6.07) is 15.3. The molecular formula is C29H35N7OS. The number of anilines is 2. The highest BCUT2D eigenvalue weighted by atomic mass is 32.1. The Kier molecular flexibility index (Phi) is 7.58. The second-order valence-corrected chi connectivity index (χ2v) is 11.4. The predicted octanol–water partition coefficient (Wildman–Crippen LogP) is 5.01. The molecule has 0 aliphatic carbocycles. The third kappa shape index (κ3) is 5.79. The Labute approximate surface area is 228 Å². The third-order valence-electron chi connectivity index (χ3n) is 6.78. The third-order valence-corrected chi connectivity index (χ3v) is 8.08. The number of nitrogens with one attached hydrogen (secondary N) is 2. The number of amides is 1. The van der Waals surface area contributed by atoms with E-state index in [1.165, 1.54) is 20.9 Å². The van der Waals surface area contributed by atoms with Crippen LogP contribution in [0, 0.1) is 6.92 Å². The molecule has 1 saturated heterocycles. The standard InChI is InChI=1S/C29H35N7OS/c1-18(26-10-11-27(38-26)23-9-7-6-8-21(23)16-35(4)5)31-29-24-14-28(30-15-25(24)32-19(2)33-29)36-13-12-22(17-36)34-20(3)37/h6-11,14-15,18,22H,12-13,16-17H2,1-5H3,(H,34,37)(H,31,32,33)/t18?,22-/m0/s1. The van der Waals surface area contributed by atoms with Gasteiger partial charge in [0.1, 0.15) is 17.5 Å². The summed E-state index contributed by atoms with van der Waals surface area (Å²) in [5.74, 6) is 2.40. The molecule has 1 aromatic carbocycles. The van der Waals surface area contributed by atoms with Gasteiger partial charge in [-0.15, -0.1) is 11.3 Å². The molecule has 1 aliphatic heterocycles. The zero-order valence-electron chi connectivity index (χ0n) is 22.7. The Balaban J connectivity index is 1.39. The Bertz CT molecular complexity index is 1450. The van der Waals surface area contributed by atoms with Crippen LogP contribution in [0.3, 0.4) is 0 Å². The molecule has 3 aromatic heterocycles. The molecule has 198 valence electrons. The number of fused-ring (bicyclic) bond motifs is 1. The summed E-state index contributed by atoms with van der Waals surface area (Å²) in [5, 5.41) is 7.62. The second-order valence-electron chi connectivity index (χ2n) is 10.3. The van der Waals surface area contributed by atoms with E-state index in [1.807, 2.05) is 24.5 Å². The number of hydrogen-bond acceptors (Lipinski definition) is 8. The lowest BCUT2D eigenvalue weighted by Gasteiger charge is -2.20. The number of nitrogens with zero attached hydrogens (tertiary/aromatic N) is 5. The zero-order valence-corrected chi connectivity index (χ0v) is 23.5. The smallest absolute Gasteiger partial charge is 0.217 e. The van der Waals surface area contributed by atoms with Crippen molar-refractivity contribution in [1.29, 1.82) is 0 Å². The van der Waals surface area contributed by atoms with E-state index in [2.05, 4.69) is 93.9 Å². The highest BCUT2D eigenvalue weighted by molar-refractivity contribution is 7.15. The molecule has 0 bridgehead atoms. The van der Waals surface area contributed by atoms with Gasteiger partial charge in [0.05, 0.1) is 17.8 Å². The lowest BCUT2D eigenvalue weighted by molar-refractivity contribution is -0.119. The van der Waals surface area contributed by atoms with Gasteiger partial charge in [0.25, 0.3) is 0 Å². The van der Waals surface area contributed by atoms with Crippen molar-refractivity contribution in [3.8, 4) is 10.4 Å². The molecule has 38 heavy (non-hydrogen) atoms. The Morgan fingerprint density at radius 1 is 1.21 bits per heavy atom. The molecule has 4 heterocycles. The molecule has 2 N–H and O–H groups in total. The fourth-order valence-corrected chi connectivity index (χ4v) is 6.11. The lowest BCUT2D eigenvalue weighted by Crippen LogP contribution is -2.35. The number of aromatic nitrogens is 3. The first kappa shape index (κ1) is 26.1. The summed E-state index contributed by atoms with van der Waals surface area (Å²) in [6.07, 6.45) is 2.73. The fraction of sp³-hybridized carbons (Fsp3) is 0.379. The molecular weight excluding hydrogens is 494 g/mol. The van der Waals surface area contributed by atoms with Crippen LogP contribution in [-0.2, 0) is 11.3 Å². The number of benzene rings is 1. The number of carbonyl (C=O) groups is 1. The van der Waals surface area contributed by atoms with E-state index in [-0.39, 0.29) is 18.0 Å². The number of pyridine rings is 1. The highest BCUT2D eigenvalue weighted by Gasteiger charge is 2.25. The SMILES string of the molecule is CC(=O)N[C@H]1CCN(c2cc3c(NC(C)c4ccc(-c5ccccc5CN(C)C)s4)nc(C)nc3cn2)C1. The fourth-order valence-electron chi connectivity index (χ4n) is 5.04. The van der Waals surface area contributed by atoms with Crippen molar-refractivity contribution in [2.24, 2.45) is 0 Å². The summed E-state index contributed by atoms with van der Waals surface area (Å²) in [4.78, 5) is 32.5. The van der Waals surface area contributed by atoms with Gasteiger partial charge < -0.3 is 20.4 Å². The van der Waals surface area contributed by atoms with E-state index >= 15 is 0 Å². The molecule has 5 rings (SSSR count). The normalized spacial score (nSPS) is 16.3. The molecule has 1 unspecified atom stereocenters. The molecule has 8 nitrogen and oxygen atoms in total. The van der Waals surface area contributed by atoms with Gasteiger partial charge in [0.2, 0.25) is 5.91 Å². The van der Waals surface area contributed by atoms with E-state index in [0.717, 1.165) is 48.6 Å². The van der Waals surface area contributed by atoms with Crippen LogP contribution in [0.5, 0.6) is 0 Å². The van der Waals surface area contributed by atoms with Crippen molar-refractivity contribution >= 4 is 39.8 Å². The topological polar surface area (TPSA) is 86.3 Å². The number of rotatable bonds is 8. The molecule has 1 aliphatic rings. The van der Waals surface area contributed by atoms with Crippen LogP contribution in [0.25, 0.3) is 21.3 Å². The van der Waals surface area contributed by atoms with Gasteiger partial charge in [-0.25, -0.2) is 15.0 Å². The quantitative estimate of drug-likeness (QED) is 0.332. The van der Waals surface area contributed by atoms with E-state index in [9.17, 15) is 4.79 Å². The molecule has 1 amide bonds. The molecule has 0 radical (unpaired) electrons. The van der Waals surface area contributed by atoms with Crippen LogP contribution in [0.15, 0.2) is 48.7 Å². The zero-order chi connectivity index (χ0) is 26.8. The van der Waals surface area contributed by atoms with Crippen molar-refractivity contribution in [3.63, 3.8) is 0 Å². The summed E-state index contributed by atoms with van der Waals surface area (Å²) < 4.78 is 0. The molecule has 4 aromatic rings. The van der Waals surface area contributed by atoms with Gasteiger partial charge in [0, 0.05) is 47.7 Å². The summed E-state index contributed by atoms with van der Waals surface area (Å²) in [5.41, 5.74) is 3.43. The van der Waals surface area contributed by atoms with Gasteiger partial charge in [0.15, 0.2) is 0 Å². The van der Waals surface area contributed by atoms with Gasteiger partial charge in [-0.05, 0) is 63.7 Å². The van der Waals surface area contributed by atoms with Crippen molar-refractivity contribution in [3.05, 3.63) is 64.9 Å². The van der Waals surface area contributed by atoms with Gasteiger partial charge in [-0.3, -0.25) is 4.79 Å². The van der Waals surface area contributed by atoms with E-state index in [4.69, 9.17) is 4.98 Å². The van der Waals surface area contributed by atoms with Crippen molar-refractivity contribution in [2.75, 3.05) is 37.4 Å². The van der Waals surface area contributed by atoms with Crippen LogP contribution in [0.1, 0.15) is 42.6 Å². The number of thiophene rings is 1. The minimum atomic E-state index is 0.00518. The Morgan fingerprint density at radius 2 is 2.03 bits per heavy atom. The Morgan fingerprint density at radius 3 is 2.82 bits per heavy atom. The van der Waals surface area contributed by atoms with E-state index in [0.29, 0.717) is 5.82 Å². The van der Waals surface area contributed by atoms with E-state index in [1.54, 1.807) is 6.92 Å². The molecule has 2 atom stereocenters. The van der Waals surface area contributed by atoms with Gasteiger partial charge in [-0.2, -0.15) is 0 Å². The van der Waals surface area contributed by atoms with Gasteiger partial charge >= 0.3 is 0 Å². The number of carbonyl (C=O) groups excluding carboxylic acids is 1. The maximum absolute atomic E-state index is 11.5. The maximum Gasteiger partial charge on any atom is 0.217 e. The van der Waals surface area contributed by atoms with Crippen molar-refractivity contribution in [2.45, 2.75) is 45.8 Å². The highest BCUT2D eigenvalue weighted by Crippen LogP contribution is 2.36. The average Bonchev–Trinajstić information content (AvgIpc) is 3.54. The molecule has 0 spiro atoms. The average molecular weight is 530 g/mol. The second kappa shape index (κ2) is 11.0. The van der Waals surface area contributed by atoms with Gasteiger partial charge in [-0.1, -0.05) is 24.3 Å². The molecule has 0 saturated carbocycles. The monoisotopic (exact) mass is 529 g/mol. The number of aryl methyl sites for hydroxylation is 1. The summed E-state index contributed by atoms with van der Waals surface area (Å²) in [7, 11) is 4.20. The first-order valence-electron chi connectivity index (χ1n) is 13.0.